The minimum atomic E-state index is -0.908. The van der Waals surface area contributed by atoms with Gasteiger partial charge in [-0.05, 0) is 34.6 Å². The van der Waals surface area contributed by atoms with E-state index in [0.717, 1.165) is 5.01 Å². The summed E-state index contributed by atoms with van der Waals surface area (Å²) in [5.74, 6) is -2.04. The average molecular weight is 371 g/mol. The first-order valence-corrected chi connectivity index (χ1v) is 8.93. The summed E-state index contributed by atoms with van der Waals surface area (Å²) in [7, 11) is 0. The molecule has 1 amide bonds. The van der Waals surface area contributed by atoms with Gasteiger partial charge in [0.2, 0.25) is 5.13 Å². The van der Waals surface area contributed by atoms with Crippen LogP contribution in [-0.4, -0.2) is 58.4 Å². The van der Waals surface area contributed by atoms with Crippen molar-refractivity contribution >= 4 is 22.4 Å². The smallest absolute Gasteiger partial charge is 0.258 e. The molecule has 5 atom stereocenters. The van der Waals surface area contributed by atoms with Crippen LogP contribution in [0.25, 0.3) is 0 Å². The van der Waals surface area contributed by atoms with Gasteiger partial charge in [0.15, 0.2) is 24.0 Å². The summed E-state index contributed by atoms with van der Waals surface area (Å²) in [6, 6.07) is 0. The molecule has 3 fully saturated rings. The molecule has 1 aromatic rings. The lowest BCUT2D eigenvalue weighted by atomic mass is 9.98. The first-order chi connectivity index (χ1) is 11.6. The highest BCUT2D eigenvalue weighted by Crippen LogP contribution is 2.44. The number of aromatic nitrogens is 2. The summed E-state index contributed by atoms with van der Waals surface area (Å²) in [5.41, 5.74) is 0. The number of nitrogens with zero attached hydrogens (tertiary/aromatic N) is 2. The van der Waals surface area contributed by atoms with Crippen LogP contribution < -0.4 is 5.32 Å². The molecule has 0 saturated carbocycles. The van der Waals surface area contributed by atoms with Crippen LogP contribution in [0.1, 0.15) is 32.7 Å². The summed E-state index contributed by atoms with van der Waals surface area (Å²) >= 11 is 1.29. The largest absolute Gasteiger partial charge is 0.342 e. The topological polar surface area (TPSA) is 101 Å². The molecule has 3 saturated heterocycles. The van der Waals surface area contributed by atoms with Crippen LogP contribution in [0.3, 0.4) is 0 Å². The number of fused-ring (bicyclic) bond motifs is 3. The number of aryl methyl sites for hydroxylation is 1. The van der Waals surface area contributed by atoms with Crippen molar-refractivity contribution in [2.24, 2.45) is 0 Å². The van der Waals surface area contributed by atoms with Gasteiger partial charge >= 0.3 is 0 Å². The van der Waals surface area contributed by atoms with E-state index in [2.05, 4.69) is 15.5 Å². The standard InChI is InChI=1S/C15H21N3O6S/c1-6-17-18-13(25-6)16-11(19)9-7-8(22-14(2,3)21-7)10-12(20-9)24-15(4,5)23-10/h7-10,12H,1-5H3,(H,16,18,19)/t7-,8-,9-,10+,12-/m0/s1. The van der Waals surface area contributed by atoms with Gasteiger partial charge in [-0.3, -0.25) is 10.1 Å². The Morgan fingerprint density at radius 1 is 1.00 bits per heavy atom. The molecule has 10 heteroatoms. The van der Waals surface area contributed by atoms with Gasteiger partial charge in [0.25, 0.3) is 5.91 Å². The molecule has 9 nitrogen and oxygen atoms in total. The van der Waals surface area contributed by atoms with Gasteiger partial charge in [-0.2, -0.15) is 0 Å². The highest BCUT2D eigenvalue weighted by molar-refractivity contribution is 7.15. The van der Waals surface area contributed by atoms with Crippen LogP contribution in [0, 0.1) is 6.92 Å². The zero-order valence-electron chi connectivity index (χ0n) is 14.6. The van der Waals surface area contributed by atoms with E-state index in [4.69, 9.17) is 23.7 Å². The maximum Gasteiger partial charge on any atom is 0.258 e. The second kappa shape index (κ2) is 5.66. The van der Waals surface area contributed by atoms with Crippen LogP contribution in [0.4, 0.5) is 5.13 Å². The molecule has 138 valence electrons. The van der Waals surface area contributed by atoms with E-state index < -0.39 is 42.3 Å². The van der Waals surface area contributed by atoms with Crippen molar-refractivity contribution in [3.63, 3.8) is 0 Å². The van der Waals surface area contributed by atoms with E-state index in [1.807, 2.05) is 6.92 Å². The molecule has 1 aromatic heterocycles. The summed E-state index contributed by atoms with van der Waals surface area (Å²) in [4.78, 5) is 12.8. The second-order valence-electron chi connectivity index (χ2n) is 7.21. The predicted octanol–water partition coefficient (Wildman–Crippen LogP) is 1.18. The summed E-state index contributed by atoms with van der Waals surface area (Å²) in [6.07, 6.45) is -3.16. The van der Waals surface area contributed by atoms with E-state index in [1.165, 1.54) is 11.3 Å². The van der Waals surface area contributed by atoms with Crippen molar-refractivity contribution in [2.75, 3.05) is 5.32 Å². The SMILES string of the molecule is Cc1nnc(NC(=O)[C@H]2O[C@H]3OC(C)(C)O[C@@H]3[C@H]3OC(C)(C)O[C@@H]32)s1. The van der Waals surface area contributed by atoms with Gasteiger partial charge < -0.3 is 23.7 Å². The maximum atomic E-state index is 12.8. The zero-order chi connectivity index (χ0) is 18.0. The van der Waals surface area contributed by atoms with Crippen molar-refractivity contribution in [1.29, 1.82) is 0 Å². The number of carbonyl (C=O) groups is 1. The third kappa shape index (κ3) is 3.18. The third-order valence-corrected chi connectivity index (χ3v) is 4.92. The van der Waals surface area contributed by atoms with Crippen molar-refractivity contribution in [1.82, 2.24) is 10.2 Å². The number of nitrogens with one attached hydrogen (secondary N) is 1. The van der Waals surface area contributed by atoms with Crippen LogP contribution in [0.5, 0.6) is 0 Å². The monoisotopic (exact) mass is 371 g/mol. The van der Waals surface area contributed by atoms with Crippen molar-refractivity contribution in [3.8, 4) is 0 Å². The van der Waals surface area contributed by atoms with E-state index in [1.54, 1.807) is 27.7 Å². The molecular formula is C15H21N3O6S. The van der Waals surface area contributed by atoms with Crippen LogP contribution in [0.15, 0.2) is 0 Å². The zero-order valence-corrected chi connectivity index (χ0v) is 15.5. The molecule has 0 bridgehead atoms. The van der Waals surface area contributed by atoms with Crippen molar-refractivity contribution in [2.45, 2.75) is 76.9 Å². The highest BCUT2D eigenvalue weighted by atomic mass is 32.1. The average Bonchev–Trinajstić information content (AvgIpc) is 3.11. The number of hydrogen-bond donors (Lipinski definition) is 1. The van der Waals surface area contributed by atoms with E-state index in [-0.39, 0.29) is 5.91 Å². The Morgan fingerprint density at radius 2 is 1.64 bits per heavy atom. The van der Waals surface area contributed by atoms with Crippen molar-refractivity contribution < 1.29 is 28.5 Å². The molecule has 1 N–H and O–H groups in total. The Labute approximate surface area is 148 Å². The summed E-state index contributed by atoms with van der Waals surface area (Å²) < 4.78 is 29.5. The molecule has 4 rings (SSSR count). The van der Waals surface area contributed by atoms with E-state index in [9.17, 15) is 4.79 Å². The fourth-order valence-corrected chi connectivity index (χ4v) is 3.94. The fourth-order valence-electron chi connectivity index (χ4n) is 3.35. The lowest BCUT2D eigenvalue weighted by molar-refractivity contribution is -0.229. The number of rotatable bonds is 2. The molecule has 25 heavy (non-hydrogen) atoms. The molecule has 0 unspecified atom stereocenters. The first-order valence-electron chi connectivity index (χ1n) is 8.11. The minimum Gasteiger partial charge on any atom is -0.342 e. The van der Waals surface area contributed by atoms with Gasteiger partial charge in [0.1, 0.15) is 23.3 Å². The van der Waals surface area contributed by atoms with Crippen LogP contribution in [0.2, 0.25) is 0 Å². The lowest BCUT2D eigenvalue weighted by Gasteiger charge is -2.36. The number of hydrogen-bond acceptors (Lipinski definition) is 9. The molecule has 0 radical (unpaired) electrons. The number of amides is 1. The highest BCUT2D eigenvalue weighted by Gasteiger charge is 2.62. The third-order valence-electron chi connectivity index (χ3n) is 4.17. The Hall–Kier alpha value is -1.17. The maximum absolute atomic E-state index is 12.8. The quantitative estimate of drug-likeness (QED) is 0.827. The summed E-state index contributed by atoms with van der Waals surface area (Å²) in [5, 5.41) is 11.7. The lowest BCUT2D eigenvalue weighted by Crippen LogP contribution is -2.58. The van der Waals surface area contributed by atoms with Gasteiger partial charge in [0, 0.05) is 0 Å². The Morgan fingerprint density at radius 3 is 2.32 bits per heavy atom. The minimum absolute atomic E-state index is 0.376. The molecular weight excluding hydrogens is 350 g/mol. The van der Waals surface area contributed by atoms with E-state index in [0.29, 0.717) is 5.13 Å². The Bertz CT molecular complexity index is 693. The molecule has 0 aromatic carbocycles. The van der Waals surface area contributed by atoms with Crippen LogP contribution >= 0.6 is 11.3 Å². The van der Waals surface area contributed by atoms with Gasteiger partial charge in [-0.1, -0.05) is 11.3 Å². The predicted molar refractivity (Wildman–Crippen MR) is 85.8 cm³/mol. The van der Waals surface area contributed by atoms with Crippen LogP contribution in [-0.2, 0) is 28.5 Å². The molecule has 0 spiro atoms. The number of ether oxygens (including phenoxy) is 5. The fraction of sp³-hybridized carbons (Fsp3) is 0.800. The molecule has 3 aliphatic rings. The van der Waals surface area contributed by atoms with Gasteiger partial charge in [-0.25, -0.2) is 0 Å². The van der Waals surface area contributed by atoms with Gasteiger partial charge in [-0.15, -0.1) is 10.2 Å². The summed E-state index contributed by atoms with van der Waals surface area (Å²) in [6.45, 7) is 9.00. The number of carbonyl (C=O) groups excluding carboxylic acids is 1. The Balaban J connectivity index is 1.58. The van der Waals surface area contributed by atoms with E-state index >= 15 is 0 Å². The molecule has 3 aliphatic heterocycles. The van der Waals surface area contributed by atoms with Crippen molar-refractivity contribution in [3.05, 3.63) is 5.01 Å². The Kier molecular flexibility index (Phi) is 3.91. The second-order valence-corrected chi connectivity index (χ2v) is 8.39. The normalized spacial score (nSPS) is 38.2. The van der Waals surface area contributed by atoms with Gasteiger partial charge in [0.05, 0.1) is 0 Å². The molecule has 0 aliphatic carbocycles. The first kappa shape index (κ1) is 17.3. The molecule has 4 heterocycles. The number of anilines is 1.